The molecule has 5 heteroatoms. The molecule has 27 heavy (non-hydrogen) atoms. The van der Waals surface area contributed by atoms with E-state index < -0.39 is 0 Å². The molecule has 140 valence electrons. The Morgan fingerprint density at radius 1 is 0.963 bits per heavy atom. The third-order valence-corrected chi connectivity index (χ3v) is 5.47. The smallest absolute Gasteiger partial charge is 0.299 e. The second kappa shape index (κ2) is 6.80. The summed E-state index contributed by atoms with van der Waals surface area (Å²) in [6, 6.07) is 10.4. The molecule has 0 unspecified atom stereocenters. The molecule has 0 spiro atoms. The Kier molecular flexibility index (Phi) is 4.46. The van der Waals surface area contributed by atoms with Crippen molar-refractivity contribution >= 4 is 23.2 Å². The number of benzene rings is 2. The molecule has 0 N–H and O–H groups in total. The minimum absolute atomic E-state index is 0.0203. The van der Waals surface area contributed by atoms with Crippen LogP contribution in [0.4, 0.5) is 20.6 Å². The molecule has 2 aliphatic heterocycles. The number of nitrogens with zero attached hydrogens (tertiary/aromatic N) is 2. The summed E-state index contributed by atoms with van der Waals surface area (Å²) in [5.74, 6) is -0.0849. The first-order chi connectivity index (χ1) is 12.9. The Morgan fingerprint density at radius 2 is 1.67 bits per heavy atom. The summed E-state index contributed by atoms with van der Waals surface area (Å²) in [6.45, 7) is 5.00. The van der Waals surface area contributed by atoms with Crippen LogP contribution < -0.4 is 9.80 Å². The molecule has 0 aromatic heterocycles. The molecule has 4 rings (SSSR count). The molecule has 2 aromatic carbocycles. The Morgan fingerprint density at radius 3 is 2.41 bits per heavy atom. The molecule has 0 radical (unpaired) electrons. The standard InChI is InChI=1S/C22H23FN2O2/c1-14(2)21(26)12-15-3-6-19-17(11-15)8-10-24(19)22(27)25-9-7-16-4-5-18(23)13-20(16)25/h3-6,11,13-14H,7-10,12H2,1-2H3. The minimum Gasteiger partial charge on any atom is -0.299 e. The summed E-state index contributed by atoms with van der Waals surface area (Å²) in [5.41, 5.74) is 4.66. The van der Waals surface area contributed by atoms with E-state index in [4.69, 9.17) is 0 Å². The average Bonchev–Trinajstić information content (AvgIpc) is 3.24. The molecule has 0 aliphatic carbocycles. The third-order valence-electron chi connectivity index (χ3n) is 5.47. The lowest BCUT2D eigenvalue weighted by atomic mass is 9.99. The molecule has 2 amide bonds. The molecular formula is C22H23FN2O2. The number of halogens is 1. The first-order valence-electron chi connectivity index (χ1n) is 9.46. The lowest BCUT2D eigenvalue weighted by molar-refractivity contribution is -0.121. The van der Waals surface area contributed by atoms with Gasteiger partial charge in [-0.3, -0.25) is 14.6 Å². The number of carbonyl (C=O) groups is 2. The van der Waals surface area contributed by atoms with Gasteiger partial charge in [0.2, 0.25) is 0 Å². The maximum Gasteiger partial charge on any atom is 0.328 e. The number of Topliss-reactive ketones (excluding diaryl/α,β-unsaturated/α-hetero) is 1. The van der Waals surface area contributed by atoms with Crippen molar-refractivity contribution in [3.63, 3.8) is 0 Å². The predicted octanol–water partition coefficient (Wildman–Crippen LogP) is 4.14. The molecule has 0 atom stereocenters. The highest BCUT2D eigenvalue weighted by atomic mass is 19.1. The topological polar surface area (TPSA) is 40.6 Å². The maximum atomic E-state index is 13.6. The first-order valence-corrected chi connectivity index (χ1v) is 9.46. The number of hydrogen-bond acceptors (Lipinski definition) is 2. The van der Waals surface area contributed by atoms with Gasteiger partial charge >= 0.3 is 6.03 Å². The summed E-state index contributed by atoms with van der Waals surface area (Å²) in [6.07, 6.45) is 1.95. The molecule has 0 saturated carbocycles. The second-order valence-electron chi connectivity index (χ2n) is 7.62. The quantitative estimate of drug-likeness (QED) is 0.819. The molecule has 2 aromatic rings. The van der Waals surface area contributed by atoms with Crippen molar-refractivity contribution in [2.24, 2.45) is 5.92 Å². The van der Waals surface area contributed by atoms with Gasteiger partial charge in [-0.2, -0.15) is 0 Å². The van der Waals surface area contributed by atoms with Crippen molar-refractivity contribution in [2.75, 3.05) is 22.9 Å². The number of fused-ring (bicyclic) bond motifs is 2. The first kappa shape index (κ1) is 17.7. The van der Waals surface area contributed by atoms with Crippen LogP contribution in [0.5, 0.6) is 0 Å². The highest BCUT2D eigenvalue weighted by Crippen LogP contribution is 2.34. The van der Waals surface area contributed by atoms with Crippen LogP contribution in [0.25, 0.3) is 0 Å². The number of ketones is 1. The largest absolute Gasteiger partial charge is 0.328 e. The average molecular weight is 366 g/mol. The van der Waals surface area contributed by atoms with Crippen LogP contribution >= 0.6 is 0 Å². The Hall–Kier alpha value is -2.69. The molecule has 0 fully saturated rings. The van der Waals surface area contributed by atoms with Gasteiger partial charge in [0.25, 0.3) is 0 Å². The van der Waals surface area contributed by atoms with Gasteiger partial charge in [0.05, 0.1) is 5.69 Å². The van der Waals surface area contributed by atoms with Crippen molar-refractivity contribution in [3.8, 4) is 0 Å². The van der Waals surface area contributed by atoms with Gasteiger partial charge in [0.1, 0.15) is 11.6 Å². The van der Waals surface area contributed by atoms with Gasteiger partial charge in [0.15, 0.2) is 0 Å². The number of urea groups is 1. The fraction of sp³-hybridized carbons (Fsp3) is 0.364. The number of anilines is 2. The second-order valence-corrected chi connectivity index (χ2v) is 7.62. The van der Waals surface area contributed by atoms with Crippen LogP contribution in [-0.4, -0.2) is 24.9 Å². The van der Waals surface area contributed by atoms with Crippen molar-refractivity contribution < 1.29 is 14.0 Å². The zero-order chi connectivity index (χ0) is 19.1. The summed E-state index contributed by atoms with van der Waals surface area (Å²) >= 11 is 0. The van der Waals surface area contributed by atoms with Crippen LogP contribution in [0.15, 0.2) is 36.4 Å². The Labute approximate surface area is 158 Å². The Bertz CT molecular complexity index is 923. The van der Waals surface area contributed by atoms with E-state index in [9.17, 15) is 14.0 Å². The van der Waals surface area contributed by atoms with Crippen LogP contribution in [-0.2, 0) is 24.1 Å². The summed E-state index contributed by atoms with van der Waals surface area (Å²) < 4.78 is 13.6. The lowest BCUT2D eigenvalue weighted by Crippen LogP contribution is -2.41. The fourth-order valence-corrected chi connectivity index (χ4v) is 3.87. The van der Waals surface area contributed by atoms with Crippen LogP contribution in [0.1, 0.15) is 30.5 Å². The summed E-state index contributed by atoms with van der Waals surface area (Å²) in [4.78, 5) is 28.6. The molecule has 4 nitrogen and oxygen atoms in total. The lowest BCUT2D eigenvalue weighted by Gasteiger charge is -2.25. The minimum atomic E-state index is -0.324. The van der Waals surface area contributed by atoms with Crippen molar-refractivity contribution in [1.29, 1.82) is 0 Å². The van der Waals surface area contributed by atoms with Gasteiger partial charge in [-0.15, -0.1) is 0 Å². The molecule has 0 bridgehead atoms. The number of amides is 2. The molecule has 0 saturated heterocycles. The highest BCUT2D eigenvalue weighted by Gasteiger charge is 2.32. The zero-order valence-electron chi connectivity index (χ0n) is 15.7. The van der Waals surface area contributed by atoms with Gasteiger partial charge in [-0.1, -0.05) is 32.0 Å². The summed E-state index contributed by atoms with van der Waals surface area (Å²) in [7, 11) is 0. The van der Waals surface area contributed by atoms with Crippen molar-refractivity contribution in [3.05, 3.63) is 58.9 Å². The van der Waals surface area contributed by atoms with Gasteiger partial charge in [-0.25, -0.2) is 9.18 Å². The van der Waals surface area contributed by atoms with Crippen molar-refractivity contribution in [2.45, 2.75) is 33.1 Å². The third kappa shape index (κ3) is 3.22. The predicted molar refractivity (Wildman–Crippen MR) is 104 cm³/mol. The summed E-state index contributed by atoms with van der Waals surface area (Å²) in [5, 5.41) is 0. The van der Waals surface area contributed by atoms with Gasteiger partial charge in [-0.05, 0) is 47.7 Å². The van der Waals surface area contributed by atoms with E-state index in [2.05, 4.69) is 0 Å². The van der Waals surface area contributed by atoms with Crippen LogP contribution in [0.3, 0.4) is 0 Å². The van der Waals surface area contributed by atoms with E-state index in [1.807, 2.05) is 32.0 Å². The fourth-order valence-electron chi connectivity index (χ4n) is 3.87. The van der Waals surface area contributed by atoms with E-state index in [1.165, 1.54) is 12.1 Å². The van der Waals surface area contributed by atoms with Crippen LogP contribution in [0.2, 0.25) is 0 Å². The zero-order valence-corrected chi connectivity index (χ0v) is 15.7. The van der Waals surface area contributed by atoms with E-state index >= 15 is 0 Å². The maximum absolute atomic E-state index is 13.6. The van der Waals surface area contributed by atoms with E-state index in [0.717, 1.165) is 35.2 Å². The normalized spacial score (nSPS) is 15.3. The molecule has 2 aliphatic rings. The SMILES string of the molecule is CC(C)C(=O)Cc1ccc2c(c1)CCN2C(=O)N1CCc2ccc(F)cc21. The monoisotopic (exact) mass is 366 g/mol. The number of hydrogen-bond donors (Lipinski definition) is 0. The highest BCUT2D eigenvalue weighted by molar-refractivity contribution is 6.06. The molecule has 2 heterocycles. The number of rotatable bonds is 3. The number of carbonyl (C=O) groups excluding carboxylic acids is 2. The van der Waals surface area contributed by atoms with Gasteiger partial charge < -0.3 is 0 Å². The van der Waals surface area contributed by atoms with E-state index in [1.54, 1.807) is 15.9 Å². The van der Waals surface area contributed by atoms with E-state index in [0.29, 0.717) is 25.2 Å². The van der Waals surface area contributed by atoms with Crippen molar-refractivity contribution in [1.82, 2.24) is 0 Å². The van der Waals surface area contributed by atoms with E-state index in [-0.39, 0.29) is 23.5 Å². The van der Waals surface area contributed by atoms with Crippen LogP contribution in [0, 0.1) is 11.7 Å². The van der Waals surface area contributed by atoms with Gasteiger partial charge in [0, 0.05) is 31.1 Å². The molecular weight excluding hydrogens is 343 g/mol. The Balaban J connectivity index is 1.56.